The minimum absolute atomic E-state index is 0.495. The molecule has 0 atom stereocenters. The normalized spacial score (nSPS) is 10.9. The van der Waals surface area contributed by atoms with E-state index in [-0.39, 0.29) is 0 Å². The predicted octanol–water partition coefficient (Wildman–Crippen LogP) is 1.61. The van der Waals surface area contributed by atoms with Crippen LogP contribution in [0.5, 0.6) is 0 Å². The van der Waals surface area contributed by atoms with Gasteiger partial charge < -0.3 is 10.6 Å². The Morgan fingerprint density at radius 1 is 1.11 bits per heavy atom. The Labute approximate surface area is 114 Å². The first kappa shape index (κ1) is 13.6. The van der Waals surface area contributed by atoms with E-state index in [9.17, 15) is 0 Å². The van der Waals surface area contributed by atoms with Gasteiger partial charge in [-0.25, -0.2) is 0 Å². The van der Waals surface area contributed by atoms with Crippen molar-refractivity contribution in [1.29, 1.82) is 0 Å². The molecule has 0 spiro atoms. The van der Waals surface area contributed by atoms with Gasteiger partial charge in [0.05, 0.1) is 11.4 Å². The standard InChI is InChI=1S/C15H20N4/c1-19(10-7-13-5-8-17-9-6-13)12-15-4-2-3-14(11-16)18-15/h2-6,8-9H,7,10-12,16H2,1H3. The molecule has 2 heterocycles. The number of nitrogens with two attached hydrogens (primary N) is 1. The highest BCUT2D eigenvalue weighted by Gasteiger charge is 2.03. The Kier molecular flexibility index (Phi) is 5.01. The Hall–Kier alpha value is -1.78. The molecule has 4 heteroatoms. The topological polar surface area (TPSA) is 55.0 Å². The zero-order valence-corrected chi connectivity index (χ0v) is 11.3. The van der Waals surface area contributed by atoms with E-state index in [2.05, 4.69) is 34.0 Å². The molecule has 0 aliphatic heterocycles. The first-order valence-corrected chi connectivity index (χ1v) is 6.50. The molecule has 2 aromatic rings. The summed E-state index contributed by atoms with van der Waals surface area (Å²) >= 11 is 0. The first-order chi connectivity index (χ1) is 9.28. The van der Waals surface area contributed by atoms with Crippen LogP contribution in [0, 0.1) is 0 Å². The van der Waals surface area contributed by atoms with Crippen LogP contribution < -0.4 is 5.73 Å². The molecule has 0 amide bonds. The van der Waals surface area contributed by atoms with Crippen molar-refractivity contribution in [3.63, 3.8) is 0 Å². The van der Waals surface area contributed by atoms with Crippen LogP contribution >= 0.6 is 0 Å². The van der Waals surface area contributed by atoms with E-state index < -0.39 is 0 Å². The minimum atomic E-state index is 0.495. The molecular formula is C15H20N4. The molecule has 0 unspecified atom stereocenters. The lowest BCUT2D eigenvalue weighted by Crippen LogP contribution is -2.21. The molecular weight excluding hydrogens is 236 g/mol. The maximum Gasteiger partial charge on any atom is 0.0547 e. The number of pyridine rings is 2. The Morgan fingerprint density at radius 2 is 1.84 bits per heavy atom. The fraction of sp³-hybridized carbons (Fsp3) is 0.333. The second-order valence-corrected chi connectivity index (χ2v) is 4.67. The maximum atomic E-state index is 5.60. The molecule has 0 aliphatic rings. The molecule has 2 N–H and O–H groups in total. The third-order valence-corrected chi connectivity index (χ3v) is 3.04. The quantitative estimate of drug-likeness (QED) is 0.853. The van der Waals surface area contributed by atoms with Crippen LogP contribution in [0.25, 0.3) is 0 Å². The second kappa shape index (κ2) is 6.97. The fourth-order valence-electron chi connectivity index (χ4n) is 1.96. The van der Waals surface area contributed by atoms with Gasteiger partial charge in [0.2, 0.25) is 0 Å². The highest BCUT2D eigenvalue weighted by atomic mass is 15.1. The zero-order chi connectivity index (χ0) is 13.5. The van der Waals surface area contributed by atoms with Gasteiger partial charge in [0.25, 0.3) is 0 Å². The molecule has 100 valence electrons. The molecule has 0 aromatic carbocycles. The van der Waals surface area contributed by atoms with Crippen LogP contribution in [0.3, 0.4) is 0 Å². The van der Waals surface area contributed by atoms with Crippen LogP contribution in [0.1, 0.15) is 17.0 Å². The van der Waals surface area contributed by atoms with Crippen molar-refractivity contribution < 1.29 is 0 Å². The van der Waals surface area contributed by atoms with Crippen LogP contribution in [0.4, 0.5) is 0 Å². The molecule has 19 heavy (non-hydrogen) atoms. The van der Waals surface area contributed by atoms with Crippen molar-refractivity contribution in [2.45, 2.75) is 19.5 Å². The van der Waals surface area contributed by atoms with Gasteiger partial charge >= 0.3 is 0 Å². The van der Waals surface area contributed by atoms with Crippen molar-refractivity contribution in [1.82, 2.24) is 14.9 Å². The van der Waals surface area contributed by atoms with Gasteiger partial charge in [-0.3, -0.25) is 9.97 Å². The summed E-state index contributed by atoms with van der Waals surface area (Å²) in [6.45, 7) is 2.34. The third-order valence-electron chi connectivity index (χ3n) is 3.04. The first-order valence-electron chi connectivity index (χ1n) is 6.50. The number of rotatable bonds is 6. The Bertz CT molecular complexity index is 499. The van der Waals surface area contributed by atoms with Gasteiger partial charge in [0.1, 0.15) is 0 Å². The average Bonchev–Trinajstić information content (AvgIpc) is 2.46. The number of hydrogen-bond donors (Lipinski definition) is 1. The van der Waals surface area contributed by atoms with E-state index in [1.165, 1.54) is 5.56 Å². The van der Waals surface area contributed by atoms with Crippen molar-refractivity contribution >= 4 is 0 Å². The highest BCUT2D eigenvalue weighted by Crippen LogP contribution is 2.04. The van der Waals surface area contributed by atoms with Crippen LogP contribution in [-0.4, -0.2) is 28.5 Å². The van der Waals surface area contributed by atoms with E-state index in [1.807, 2.05) is 30.6 Å². The van der Waals surface area contributed by atoms with Crippen molar-refractivity contribution in [3.05, 3.63) is 59.7 Å². The second-order valence-electron chi connectivity index (χ2n) is 4.67. The summed E-state index contributed by atoms with van der Waals surface area (Å²) in [5, 5.41) is 0. The Morgan fingerprint density at radius 3 is 2.58 bits per heavy atom. The van der Waals surface area contributed by atoms with Crippen LogP contribution in [0.15, 0.2) is 42.7 Å². The van der Waals surface area contributed by atoms with Crippen molar-refractivity contribution in [2.24, 2.45) is 5.73 Å². The summed E-state index contributed by atoms with van der Waals surface area (Å²) in [6, 6.07) is 10.1. The number of hydrogen-bond acceptors (Lipinski definition) is 4. The summed E-state index contributed by atoms with van der Waals surface area (Å²) in [5.74, 6) is 0. The molecule has 0 fully saturated rings. The van der Waals surface area contributed by atoms with Crippen molar-refractivity contribution in [3.8, 4) is 0 Å². The molecule has 4 nitrogen and oxygen atoms in total. The maximum absolute atomic E-state index is 5.60. The number of nitrogens with zero attached hydrogens (tertiary/aromatic N) is 3. The number of likely N-dealkylation sites (N-methyl/N-ethyl adjacent to an activating group) is 1. The van der Waals surface area contributed by atoms with Crippen molar-refractivity contribution in [2.75, 3.05) is 13.6 Å². The van der Waals surface area contributed by atoms with Gasteiger partial charge in [-0.2, -0.15) is 0 Å². The molecule has 0 bridgehead atoms. The van der Waals surface area contributed by atoms with E-state index in [1.54, 1.807) is 0 Å². The monoisotopic (exact) mass is 256 g/mol. The minimum Gasteiger partial charge on any atom is -0.325 e. The summed E-state index contributed by atoms with van der Waals surface area (Å²) in [4.78, 5) is 10.8. The van der Waals surface area contributed by atoms with Gasteiger partial charge in [0.15, 0.2) is 0 Å². The largest absolute Gasteiger partial charge is 0.325 e. The van der Waals surface area contributed by atoms with E-state index in [4.69, 9.17) is 5.73 Å². The summed E-state index contributed by atoms with van der Waals surface area (Å²) in [6.07, 6.45) is 4.69. The van der Waals surface area contributed by atoms with Gasteiger partial charge in [0, 0.05) is 32.0 Å². The lowest BCUT2D eigenvalue weighted by atomic mass is 10.2. The SMILES string of the molecule is CN(CCc1ccncc1)Cc1cccc(CN)n1. The smallest absolute Gasteiger partial charge is 0.0547 e. The van der Waals surface area contributed by atoms with E-state index in [0.717, 1.165) is 30.9 Å². The van der Waals surface area contributed by atoms with Crippen LogP contribution in [0.2, 0.25) is 0 Å². The number of aromatic nitrogens is 2. The van der Waals surface area contributed by atoms with Gasteiger partial charge in [-0.1, -0.05) is 6.07 Å². The van der Waals surface area contributed by atoms with E-state index in [0.29, 0.717) is 6.54 Å². The lowest BCUT2D eigenvalue weighted by molar-refractivity contribution is 0.327. The summed E-state index contributed by atoms with van der Waals surface area (Å²) < 4.78 is 0. The molecule has 0 saturated heterocycles. The summed E-state index contributed by atoms with van der Waals surface area (Å²) in [5.41, 5.74) is 8.93. The predicted molar refractivity (Wildman–Crippen MR) is 76.4 cm³/mol. The fourth-order valence-corrected chi connectivity index (χ4v) is 1.96. The van der Waals surface area contributed by atoms with E-state index >= 15 is 0 Å². The van der Waals surface area contributed by atoms with Crippen LogP contribution in [-0.2, 0) is 19.5 Å². The average molecular weight is 256 g/mol. The van der Waals surface area contributed by atoms with Gasteiger partial charge in [-0.05, 0) is 43.3 Å². The molecule has 0 saturated carbocycles. The zero-order valence-electron chi connectivity index (χ0n) is 11.3. The van der Waals surface area contributed by atoms with Gasteiger partial charge in [-0.15, -0.1) is 0 Å². The molecule has 2 aromatic heterocycles. The lowest BCUT2D eigenvalue weighted by Gasteiger charge is -2.16. The Balaban J connectivity index is 1.85. The highest BCUT2D eigenvalue weighted by molar-refractivity contribution is 5.12. The molecule has 0 aliphatic carbocycles. The molecule has 0 radical (unpaired) electrons. The third kappa shape index (κ3) is 4.43. The summed E-state index contributed by atoms with van der Waals surface area (Å²) in [7, 11) is 2.11. The molecule has 2 rings (SSSR count).